The molecule has 1 heterocycles. The molecule has 0 spiro atoms. The predicted octanol–water partition coefficient (Wildman–Crippen LogP) is 4.86. The zero-order valence-corrected chi connectivity index (χ0v) is 26.2. The zero-order valence-electron chi connectivity index (χ0n) is 26.2. The molecule has 1 aromatic rings. The third kappa shape index (κ3) is 4.10. The number of likely N-dealkylation sites (N-methyl/N-ethyl adjacent to an activating group) is 1. The highest BCUT2D eigenvalue weighted by Crippen LogP contribution is 2.74. The van der Waals surface area contributed by atoms with Crippen LogP contribution in [0.2, 0.25) is 0 Å². The second-order valence-electron chi connectivity index (χ2n) is 15.7. The number of fused-ring (bicyclic) bond motifs is 7. The Labute approximate surface area is 246 Å². The Hall–Kier alpha value is -2.47. The molecule has 3 saturated carbocycles. The van der Waals surface area contributed by atoms with Crippen LogP contribution in [0.1, 0.15) is 85.1 Å². The van der Waals surface area contributed by atoms with E-state index < -0.39 is 0 Å². The van der Waals surface area contributed by atoms with Crippen LogP contribution in [0.25, 0.3) is 12.7 Å². The van der Waals surface area contributed by atoms with E-state index >= 15 is 0 Å². The number of piperazine rings is 1. The highest BCUT2D eigenvalue weighted by atomic mass is 16.3. The highest BCUT2D eigenvalue weighted by molar-refractivity contribution is 5.74. The van der Waals surface area contributed by atoms with E-state index in [9.17, 15) is 15.0 Å². The van der Waals surface area contributed by atoms with Crippen LogP contribution in [0.5, 0.6) is 11.5 Å². The van der Waals surface area contributed by atoms with E-state index in [1.807, 2.05) is 4.90 Å². The van der Waals surface area contributed by atoms with Gasteiger partial charge in [-0.3, -0.25) is 0 Å². The van der Waals surface area contributed by atoms with Gasteiger partial charge in [-0.1, -0.05) is 58.9 Å². The summed E-state index contributed by atoms with van der Waals surface area (Å²) in [5, 5.41) is 25.8. The van der Waals surface area contributed by atoms with Gasteiger partial charge in [0.15, 0.2) is 11.5 Å². The molecular formula is C35H51N3O3. The van der Waals surface area contributed by atoms with Crippen LogP contribution in [-0.2, 0) is 5.41 Å². The van der Waals surface area contributed by atoms with Crippen molar-refractivity contribution in [2.45, 2.75) is 85.0 Å². The number of hydrogen-bond donors (Lipinski definition) is 3. The summed E-state index contributed by atoms with van der Waals surface area (Å²) in [6.45, 7) is 20.7. The van der Waals surface area contributed by atoms with E-state index in [4.69, 9.17) is 0 Å². The van der Waals surface area contributed by atoms with Gasteiger partial charge in [-0.2, -0.15) is 0 Å². The number of benzene rings is 1. The van der Waals surface area contributed by atoms with Gasteiger partial charge in [0.2, 0.25) is 0 Å². The van der Waals surface area contributed by atoms with Crippen molar-refractivity contribution >= 4 is 18.7 Å². The van der Waals surface area contributed by atoms with Gasteiger partial charge >= 0.3 is 6.03 Å². The number of carbonyl (C=O) groups excluding carboxylic acids is 1. The summed E-state index contributed by atoms with van der Waals surface area (Å²) in [6.07, 6.45) is 12.5. The molecule has 224 valence electrons. The zero-order chi connectivity index (χ0) is 29.6. The molecule has 5 aliphatic rings. The fourth-order valence-electron chi connectivity index (χ4n) is 10.0. The predicted molar refractivity (Wildman–Crippen MR) is 165 cm³/mol. The van der Waals surface area contributed by atoms with Gasteiger partial charge < -0.3 is 25.3 Å². The Morgan fingerprint density at radius 2 is 1.66 bits per heavy atom. The van der Waals surface area contributed by atoms with Gasteiger partial charge in [0, 0.05) is 43.4 Å². The first kappa shape index (κ1) is 28.6. The smallest absolute Gasteiger partial charge is 0.317 e. The van der Waals surface area contributed by atoms with Crippen molar-refractivity contribution in [2.75, 3.05) is 39.8 Å². The van der Waals surface area contributed by atoms with Gasteiger partial charge in [0.25, 0.3) is 0 Å². The molecule has 6 nitrogen and oxygen atoms in total. The molecule has 6 heteroatoms. The standard InChI is InChI=1S/C35H51N3O3/c1-23-24-8-9-27-33(4,25(24)20-26(39)29(23)40)13-15-35(6)28-21-31(2,10-11-32(28,3)12-14-34(27,35)5)22-36-30(41)38-18-16-37(7)17-19-38/h8-9,20,28,39-40H,1,10-19,21-22H2,2-7H3,(H,36,41). The normalized spacial score (nSPS) is 40.3. The molecule has 0 radical (unpaired) electrons. The Morgan fingerprint density at radius 3 is 2.37 bits per heavy atom. The van der Waals surface area contributed by atoms with Crippen LogP contribution in [-0.4, -0.2) is 65.8 Å². The van der Waals surface area contributed by atoms with E-state index in [2.05, 4.69) is 70.6 Å². The first-order valence-electron chi connectivity index (χ1n) is 15.8. The van der Waals surface area contributed by atoms with Gasteiger partial charge in [0.05, 0.1) is 0 Å². The fraction of sp³-hybridized carbons (Fsp3) is 0.686. The van der Waals surface area contributed by atoms with Gasteiger partial charge in [-0.05, 0) is 96.4 Å². The third-order valence-electron chi connectivity index (χ3n) is 13.3. The molecule has 3 N–H and O–H groups in total. The number of phenols is 2. The summed E-state index contributed by atoms with van der Waals surface area (Å²) < 4.78 is 0. The van der Waals surface area contributed by atoms with E-state index in [1.54, 1.807) is 6.07 Å². The van der Waals surface area contributed by atoms with Crippen LogP contribution < -0.4 is 15.8 Å². The lowest BCUT2D eigenvalue weighted by molar-refractivity contribution is -0.157. The maximum absolute atomic E-state index is 13.1. The lowest BCUT2D eigenvalue weighted by atomic mass is 9.35. The molecule has 6 rings (SSSR count). The number of nitrogens with zero attached hydrogens (tertiary/aromatic N) is 2. The van der Waals surface area contributed by atoms with Crippen molar-refractivity contribution < 1.29 is 15.0 Å². The topological polar surface area (TPSA) is 76.0 Å². The second kappa shape index (κ2) is 9.26. The summed E-state index contributed by atoms with van der Waals surface area (Å²) in [7, 11) is 2.12. The molecule has 1 aromatic carbocycles. The summed E-state index contributed by atoms with van der Waals surface area (Å²) in [4.78, 5) is 17.4. The molecule has 6 atom stereocenters. The van der Waals surface area contributed by atoms with Crippen molar-refractivity contribution in [3.8, 4) is 11.5 Å². The number of aromatic hydroxyl groups is 2. The molecule has 6 unspecified atom stereocenters. The van der Waals surface area contributed by atoms with Crippen molar-refractivity contribution in [3.63, 3.8) is 0 Å². The van der Waals surface area contributed by atoms with Gasteiger partial charge in [-0.25, -0.2) is 4.79 Å². The van der Waals surface area contributed by atoms with Crippen LogP contribution in [0.3, 0.4) is 0 Å². The van der Waals surface area contributed by atoms with E-state index in [-0.39, 0.29) is 39.2 Å². The third-order valence-corrected chi connectivity index (χ3v) is 13.3. The van der Waals surface area contributed by atoms with Gasteiger partial charge in [-0.15, -0.1) is 0 Å². The minimum Gasteiger partial charge on any atom is -0.504 e. The summed E-state index contributed by atoms with van der Waals surface area (Å²) >= 11 is 0. The van der Waals surface area contributed by atoms with Crippen LogP contribution >= 0.6 is 0 Å². The summed E-state index contributed by atoms with van der Waals surface area (Å²) in [6, 6.07) is 1.89. The number of phenolic OH excluding ortho intramolecular Hbond substituents is 2. The average molecular weight is 562 g/mol. The van der Waals surface area contributed by atoms with Crippen LogP contribution in [0.15, 0.2) is 17.7 Å². The Bertz CT molecular complexity index is 1410. The molecule has 4 fully saturated rings. The molecule has 41 heavy (non-hydrogen) atoms. The molecular weight excluding hydrogens is 510 g/mol. The van der Waals surface area contributed by atoms with Crippen molar-refractivity contribution in [2.24, 2.45) is 27.6 Å². The summed E-state index contributed by atoms with van der Waals surface area (Å²) in [5.41, 5.74) is 2.93. The van der Waals surface area contributed by atoms with Crippen molar-refractivity contribution in [3.05, 3.63) is 33.7 Å². The first-order valence-corrected chi connectivity index (χ1v) is 15.8. The number of nitrogens with one attached hydrogen (secondary N) is 1. The lowest BCUT2D eigenvalue weighted by Gasteiger charge is -2.70. The maximum atomic E-state index is 13.1. The number of carbonyl (C=O) groups is 1. The number of urea groups is 1. The highest BCUT2D eigenvalue weighted by Gasteiger charge is 2.66. The first-order chi connectivity index (χ1) is 19.2. The largest absolute Gasteiger partial charge is 0.504 e. The van der Waals surface area contributed by atoms with E-state index in [0.29, 0.717) is 16.6 Å². The monoisotopic (exact) mass is 561 g/mol. The van der Waals surface area contributed by atoms with Crippen molar-refractivity contribution in [1.29, 1.82) is 0 Å². The molecule has 1 aliphatic heterocycles. The van der Waals surface area contributed by atoms with E-state index in [0.717, 1.165) is 69.2 Å². The minimum absolute atomic E-state index is 0.0224. The number of rotatable bonds is 2. The Balaban J connectivity index is 1.29. The van der Waals surface area contributed by atoms with Gasteiger partial charge in [0.1, 0.15) is 0 Å². The second-order valence-corrected chi connectivity index (χ2v) is 15.7. The number of hydrogen-bond acceptors (Lipinski definition) is 4. The molecule has 2 amide bonds. The molecule has 1 saturated heterocycles. The van der Waals surface area contributed by atoms with Crippen molar-refractivity contribution in [1.82, 2.24) is 15.1 Å². The minimum atomic E-state index is -0.196. The average Bonchev–Trinajstić information content (AvgIpc) is 2.94. The quantitative estimate of drug-likeness (QED) is 0.451. The fourth-order valence-corrected chi connectivity index (χ4v) is 10.0. The SMILES string of the molecule is C=c1c(O)c(O)cc2c1=CC=C1C2(C)CCC2(C)C3CC(C)(CNC(=O)N4CCN(C)CC4)CCC3(C)CCC12C. The lowest BCUT2D eigenvalue weighted by Crippen LogP contribution is -2.63. The van der Waals surface area contributed by atoms with Crippen LogP contribution in [0, 0.1) is 27.6 Å². The van der Waals surface area contributed by atoms with E-state index in [1.165, 1.54) is 24.8 Å². The summed E-state index contributed by atoms with van der Waals surface area (Å²) in [5.74, 6) is 0.388. The maximum Gasteiger partial charge on any atom is 0.317 e. The number of amides is 2. The molecule has 0 aromatic heterocycles. The Kier molecular flexibility index (Phi) is 6.47. The number of allylic oxidation sites excluding steroid dienone is 2. The molecule has 0 bridgehead atoms. The molecule has 4 aliphatic carbocycles. The Morgan fingerprint density at radius 1 is 0.976 bits per heavy atom. The van der Waals surface area contributed by atoms with Crippen LogP contribution in [0.4, 0.5) is 4.79 Å².